The fourth-order valence-corrected chi connectivity index (χ4v) is 5.05. The summed E-state index contributed by atoms with van der Waals surface area (Å²) in [6.07, 6.45) is 3.53. The first-order valence-electron chi connectivity index (χ1n) is 14.3. The van der Waals surface area contributed by atoms with Gasteiger partial charge in [-0.2, -0.15) is 0 Å². The molecule has 1 aromatic rings. The molecule has 5 N–H and O–H groups in total. The number of carbonyl (C=O) groups excluding carboxylic acids is 4. The summed E-state index contributed by atoms with van der Waals surface area (Å²) >= 11 is 0. The maximum Gasteiger partial charge on any atom is 0.243 e. The SMILES string of the molecule is CCCCCC(=O)NC(Cc1ccc(OP(=O)([O-])[O-])cc1)C(=O)N[C@H](C(=O)NC(C)(C)CC(C)(C)C(N)=O)C(C)CC. The molecule has 0 aromatic heterocycles. The van der Waals surface area contributed by atoms with Gasteiger partial charge < -0.3 is 40.6 Å². The zero-order chi connectivity index (χ0) is 32.3. The zero-order valence-corrected chi connectivity index (χ0v) is 26.7. The third-order valence-electron chi connectivity index (χ3n) is 7.05. The van der Waals surface area contributed by atoms with E-state index in [0.717, 1.165) is 12.8 Å². The summed E-state index contributed by atoms with van der Waals surface area (Å²) < 4.78 is 15.3. The van der Waals surface area contributed by atoms with Gasteiger partial charge in [0, 0.05) is 23.8 Å². The molecular formula is C29H47N4O8P-2. The van der Waals surface area contributed by atoms with Gasteiger partial charge in [0.05, 0.1) is 0 Å². The molecule has 0 aliphatic heterocycles. The number of phosphoric ester groups is 1. The number of nitrogens with one attached hydrogen (secondary N) is 3. The fourth-order valence-electron chi connectivity index (χ4n) is 4.67. The second-order valence-corrected chi connectivity index (χ2v) is 13.2. The lowest BCUT2D eigenvalue weighted by Crippen LogP contribution is -2.59. The molecule has 1 aromatic carbocycles. The van der Waals surface area contributed by atoms with E-state index in [9.17, 15) is 33.5 Å². The number of nitrogens with two attached hydrogens (primary N) is 1. The highest BCUT2D eigenvalue weighted by atomic mass is 31.2. The minimum absolute atomic E-state index is 0.0329. The van der Waals surface area contributed by atoms with Crippen molar-refractivity contribution in [1.29, 1.82) is 0 Å². The van der Waals surface area contributed by atoms with Crippen LogP contribution in [0, 0.1) is 11.3 Å². The van der Waals surface area contributed by atoms with Gasteiger partial charge in [-0.1, -0.05) is 66.0 Å². The molecule has 0 radical (unpaired) electrons. The van der Waals surface area contributed by atoms with Crippen LogP contribution >= 0.6 is 7.82 Å². The number of rotatable bonds is 18. The summed E-state index contributed by atoms with van der Waals surface area (Å²) in [5.41, 5.74) is 4.39. The fraction of sp³-hybridized carbons (Fsp3) is 0.655. The first-order valence-corrected chi connectivity index (χ1v) is 15.8. The molecule has 0 bridgehead atoms. The van der Waals surface area contributed by atoms with E-state index in [-0.39, 0.29) is 36.8 Å². The van der Waals surface area contributed by atoms with Crippen molar-refractivity contribution in [3.05, 3.63) is 29.8 Å². The van der Waals surface area contributed by atoms with Crippen LogP contribution in [0.25, 0.3) is 0 Å². The van der Waals surface area contributed by atoms with Gasteiger partial charge in [0.2, 0.25) is 23.6 Å². The normalized spacial score (nSPS) is 14.3. The molecule has 2 unspecified atom stereocenters. The summed E-state index contributed by atoms with van der Waals surface area (Å²) in [5, 5.41) is 8.51. The predicted molar refractivity (Wildman–Crippen MR) is 156 cm³/mol. The van der Waals surface area contributed by atoms with E-state index >= 15 is 0 Å². The summed E-state index contributed by atoms with van der Waals surface area (Å²) in [6, 6.07) is 3.54. The molecule has 0 spiro atoms. The number of phosphoric acid groups is 1. The third kappa shape index (κ3) is 13.4. The summed E-state index contributed by atoms with van der Waals surface area (Å²) in [6.45, 7) is 12.7. The van der Waals surface area contributed by atoms with Crippen LogP contribution in [0.15, 0.2) is 24.3 Å². The Labute approximate surface area is 249 Å². The second kappa shape index (κ2) is 16.0. The van der Waals surface area contributed by atoms with Crippen molar-refractivity contribution in [3.8, 4) is 5.75 Å². The average molecular weight is 611 g/mol. The molecule has 0 aliphatic carbocycles. The second-order valence-electron chi connectivity index (χ2n) is 12.1. The van der Waals surface area contributed by atoms with E-state index in [1.807, 2.05) is 20.8 Å². The molecule has 0 aliphatic rings. The molecule has 0 fully saturated rings. The maximum atomic E-state index is 13.6. The topological polar surface area (TPSA) is 203 Å². The third-order valence-corrected chi connectivity index (χ3v) is 7.48. The minimum atomic E-state index is -5.23. The van der Waals surface area contributed by atoms with Gasteiger partial charge in [0.1, 0.15) is 25.7 Å². The number of hydrogen-bond donors (Lipinski definition) is 4. The first kappa shape index (κ1) is 37.1. The van der Waals surface area contributed by atoms with Crippen LogP contribution in [0.1, 0.15) is 92.6 Å². The quantitative estimate of drug-likeness (QED) is 0.142. The molecule has 238 valence electrons. The molecule has 12 nitrogen and oxygen atoms in total. The molecule has 4 amide bonds. The molecule has 0 heterocycles. The van der Waals surface area contributed by atoms with Crippen LogP contribution < -0.4 is 36.0 Å². The Kier molecular flexibility index (Phi) is 14.2. The number of amides is 4. The van der Waals surface area contributed by atoms with Gasteiger partial charge in [-0.3, -0.25) is 19.2 Å². The number of benzene rings is 1. The standard InChI is InChI=1S/C29H49N4O8P/c1-8-10-11-12-23(34)31-22(17-20-13-15-21(16-14-20)41-42(38,39)40)25(35)32-24(19(3)9-2)26(36)33-29(6,7)18-28(4,5)27(30)37/h13-16,19,22,24H,8-12,17-18H2,1-7H3,(H2,30,37)(H,31,34)(H,32,35)(H,33,36)(H2,38,39,40)/p-2/t19?,22?,24-/m0/s1. The highest BCUT2D eigenvalue weighted by Gasteiger charge is 2.37. The van der Waals surface area contributed by atoms with Gasteiger partial charge in [0.15, 0.2) is 0 Å². The van der Waals surface area contributed by atoms with Crippen LogP contribution in [0.5, 0.6) is 5.75 Å². The van der Waals surface area contributed by atoms with Crippen molar-refractivity contribution in [1.82, 2.24) is 16.0 Å². The predicted octanol–water partition coefficient (Wildman–Crippen LogP) is 1.83. The van der Waals surface area contributed by atoms with Gasteiger partial charge in [0.25, 0.3) is 0 Å². The van der Waals surface area contributed by atoms with E-state index < -0.39 is 48.6 Å². The zero-order valence-electron chi connectivity index (χ0n) is 25.8. The van der Waals surface area contributed by atoms with Crippen LogP contribution in [-0.4, -0.2) is 41.3 Å². The molecular weight excluding hydrogens is 563 g/mol. The van der Waals surface area contributed by atoms with Crippen molar-refractivity contribution in [2.24, 2.45) is 17.1 Å². The molecule has 0 saturated heterocycles. The van der Waals surface area contributed by atoms with Crippen molar-refractivity contribution in [2.45, 2.75) is 111 Å². The largest absolute Gasteiger partial charge is 0.780 e. The number of unbranched alkanes of at least 4 members (excludes halogenated alkanes) is 2. The molecule has 3 atom stereocenters. The summed E-state index contributed by atoms with van der Waals surface area (Å²) in [4.78, 5) is 73.4. The number of hydrogen-bond acceptors (Lipinski definition) is 8. The Morgan fingerprint density at radius 1 is 0.976 bits per heavy atom. The highest BCUT2D eigenvalue weighted by molar-refractivity contribution is 7.43. The van der Waals surface area contributed by atoms with Gasteiger partial charge >= 0.3 is 0 Å². The average Bonchev–Trinajstić information content (AvgIpc) is 2.85. The molecule has 13 heteroatoms. The van der Waals surface area contributed by atoms with Crippen LogP contribution in [0.4, 0.5) is 0 Å². The van der Waals surface area contributed by atoms with Gasteiger partial charge in [-0.25, -0.2) is 0 Å². The smallest absolute Gasteiger partial charge is 0.243 e. The van der Waals surface area contributed by atoms with E-state index in [4.69, 9.17) is 5.73 Å². The Bertz CT molecular complexity index is 1120. The monoisotopic (exact) mass is 610 g/mol. The maximum absolute atomic E-state index is 13.6. The van der Waals surface area contributed by atoms with Crippen LogP contribution in [-0.2, 0) is 30.2 Å². The van der Waals surface area contributed by atoms with Crippen molar-refractivity contribution < 1.29 is 38.1 Å². The van der Waals surface area contributed by atoms with E-state index in [0.29, 0.717) is 18.4 Å². The number of primary amides is 1. The lowest BCUT2D eigenvalue weighted by molar-refractivity contribution is -0.333. The Balaban J connectivity index is 3.18. The first-order chi connectivity index (χ1) is 19.3. The minimum Gasteiger partial charge on any atom is -0.780 e. The number of carbonyl (C=O) groups is 4. The Morgan fingerprint density at radius 2 is 1.57 bits per heavy atom. The summed E-state index contributed by atoms with van der Waals surface area (Å²) in [5.74, 6) is -2.26. The van der Waals surface area contributed by atoms with Crippen LogP contribution in [0.2, 0.25) is 0 Å². The van der Waals surface area contributed by atoms with Crippen LogP contribution in [0.3, 0.4) is 0 Å². The van der Waals surface area contributed by atoms with Gasteiger partial charge in [-0.15, -0.1) is 0 Å². The van der Waals surface area contributed by atoms with Crippen molar-refractivity contribution in [2.75, 3.05) is 0 Å². The Morgan fingerprint density at radius 3 is 2.07 bits per heavy atom. The van der Waals surface area contributed by atoms with E-state index in [2.05, 4.69) is 20.5 Å². The molecule has 1 rings (SSSR count). The molecule has 0 saturated carbocycles. The van der Waals surface area contributed by atoms with E-state index in [1.165, 1.54) is 24.3 Å². The molecule has 42 heavy (non-hydrogen) atoms. The Hall–Kier alpha value is -2.95. The lowest BCUT2D eigenvalue weighted by Gasteiger charge is -2.36. The highest BCUT2D eigenvalue weighted by Crippen LogP contribution is 2.29. The van der Waals surface area contributed by atoms with Gasteiger partial charge in [-0.05, 0) is 50.3 Å². The van der Waals surface area contributed by atoms with E-state index in [1.54, 1.807) is 27.7 Å². The van der Waals surface area contributed by atoms with Crippen molar-refractivity contribution in [3.63, 3.8) is 0 Å². The lowest BCUT2D eigenvalue weighted by atomic mass is 9.79. The van der Waals surface area contributed by atoms with Crippen molar-refractivity contribution >= 4 is 31.5 Å². The summed E-state index contributed by atoms with van der Waals surface area (Å²) in [7, 11) is -5.23.